The van der Waals surface area contributed by atoms with Gasteiger partial charge in [-0.3, -0.25) is 0 Å². The van der Waals surface area contributed by atoms with Gasteiger partial charge in [0, 0.05) is 23.1 Å². The van der Waals surface area contributed by atoms with E-state index in [1.807, 2.05) is 19.1 Å². The van der Waals surface area contributed by atoms with Crippen LogP contribution >= 0.6 is 0 Å². The molecule has 126 valence electrons. The molecule has 0 aliphatic heterocycles. The summed E-state index contributed by atoms with van der Waals surface area (Å²) in [6, 6.07) is 0. The molecule has 1 N–H and O–H groups in total. The van der Waals surface area contributed by atoms with E-state index in [4.69, 9.17) is 14.0 Å². The first-order chi connectivity index (χ1) is 10.7. The third kappa shape index (κ3) is 38.4. The summed E-state index contributed by atoms with van der Waals surface area (Å²) in [7, 11) is 1.33. The van der Waals surface area contributed by atoms with Gasteiger partial charge in [0.2, 0.25) is 0 Å². The molecule has 0 fully saturated rings. The van der Waals surface area contributed by atoms with Crippen LogP contribution in [0, 0.1) is 20.0 Å². The fourth-order valence-electron chi connectivity index (χ4n) is 0.881. The topological polar surface area (TPSA) is 106 Å². The molecule has 0 spiro atoms. The van der Waals surface area contributed by atoms with Crippen molar-refractivity contribution >= 4 is 5.97 Å². The average molecular weight is 362 g/mol. The van der Waals surface area contributed by atoms with Crippen LogP contribution in [0.15, 0.2) is 48.6 Å². The van der Waals surface area contributed by atoms with Gasteiger partial charge in [-0.05, 0) is 13.3 Å². The van der Waals surface area contributed by atoms with Crippen molar-refractivity contribution in [3.8, 4) is 0 Å². The first-order valence-electron chi connectivity index (χ1n) is 5.70. The summed E-state index contributed by atoms with van der Waals surface area (Å²) in [6.07, 6.45) is 13.6. The summed E-state index contributed by atoms with van der Waals surface area (Å²) in [4.78, 5) is 10.7. The van der Waals surface area contributed by atoms with Crippen LogP contribution in [0.1, 0.15) is 13.3 Å². The van der Waals surface area contributed by atoms with Crippen molar-refractivity contribution in [3.63, 3.8) is 0 Å². The van der Waals surface area contributed by atoms with Crippen LogP contribution in [0.3, 0.4) is 0 Å². The SMILES string of the molecule is C/C=C/C=C/C(O)C/C=C/C=C/C(=O)OC.[C-]#[O+].[C-]#[O+].[C-]#[O+].[Fe]. The van der Waals surface area contributed by atoms with E-state index in [1.165, 1.54) is 13.2 Å². The standard InChI is InChI=1S/C13H18O3.3CO.Fe/c1-3-4-6-9-12(14)10-7-5-8-11-13(15)16-2;3*1-2;/h3-9,11-12,14H,10H2,1-2H3;;;;/b4-3+,7-5+,9-6+,11-8+;;;;. The van der Waals surface area contributed by atoms with E-state index in [2.05, 4.69) is 24.7 Å². The molecular formula is C16H18FeO6. The number of aliphatic hydroxyl groups excluding tert-OH is 1. The number of ether oxygens (including phenoxy) is 1. The Hall–Kier alpha value is -1.87. The number of methoxy groups -OCH3 is 1. The molecule has 0 radical (unpaired) electrons. The third-order valence-corrected chi connectivity index (χ3v) is 1.70. The Labute approximate surface area is 147 Å². The molecule has 0 aromatic carbocycles. The predicted octanol–water partition coefficient (Wildman–Crippen LogP) is 2.04. The molecule has 0 aromatic rings. The minimum atomic E-state index is -0.501. The van der Waals surface area contributed by atoms with Gasteiger partial charge < -0.3 is 9.84 Å². The predicted molar refractivity (Wildman–Crippen MR) is 76.7 cm³/mol. The number of carbonyl (C=O) groups is 1. The Balaban J connectivity index is -0.000000137. The minimum Gasteiger partial charge on any atom is 0 e. The van der Waals surface area contributed by atoms with E-state index < -0.39 is 12.1 Å². The zero-order chi connectivity index (χ0) is 18.2. The number of hydrogen-bond acceptors (Lipinski definition) is 3. The number of allylic oxidation sites excluding steroid dienone is 5. The van der Waals surface area contributed by atoms with Crippen LogP contribution in [0.25, 0.3) is 0 Å². The van der Waals surface area contributed by atoms with E-state index >= 15 is 0 Å². The Kier molecular flexibility index (Phi) is 52.8. The van der Waals surface area contributed by atoms with Gasteiger partial charge in [-0.25, -0.2) is 4.79 Å². The quantitative estimate of drug-likeness (QED) is 0.195. The maximum Gasteiger partial charge on any atom is 0 e. The van der Waals surface area contributed by atoms with Crippen LogP contribution in [0.4, 0.5) is 0 Å². The number of hydrogen-bond donors (Lipinski definition) is 1. The molecule has 0 heterocycles. The summed E-state index contributed by atoms with van der Waals surface area (Å²) in [6.45, 7) is 15.4. The zero-order valence-electron chi connectivity index (χ0n) is 12.7. The molecule has 0 aliphatic rings. The zero-order valence-corrected chi connectivity index (χ0v) is 13.8. The summed E-state index contributed by atoms with van der Waals surface area (Å²) < 4.78 is 26.9. The molecule has 1 atom stereocenters. The summed E-state index contributed by atoms with van der Waals surface area (Å²) in [5.41, 5.74) is 0. The second-order valence-corrected chi connectivity index (χ2v) is 3.02. The molecular weight excluding hydrogens is 344 g/mol. The fourth-order valence-corrected chi connectivity index (χ4v) is 0.881. The molecule has 6 nitrogen and oxygen atoms in total. The molecule has 0 saturated heterocycles. The Morgan fingerprint density at radius 2 is 1.61 bits per heavy atom. The van der Waals surface area contributed by atoms with Crippen LogP contribution in [-0.4, -0.2) is 24.3 Å². The van der Waals surface area contributed by atoms with Crippen molar-refractivity contribution in [2.45, 2.75) is 19.4 Å². The molecule has 7 heteroatoms. The molecule has 0 aromatic heterocycles. The van der Waals surface area contributed by atoms with Gasteiger partial charge in [-0.15, -0.1) is 0 Å². The van der Waals surface area contributed by atoms with E-state index in [1.54, 1.807) is 30.4 Å². The Morgan fingerprint density at radius 1 is 1.09 bits per heavy atom. The average Bonchev–Trinajstić information content (AvgIpc) is 2.60. The van der Waals surface area contributed by atoms with E-state index in [0.717, 1.165) is 0 Å². The van der Waals surface area contributed by atoms with Crippen molar-refractivity contribution < 1.29 is 45.7 Å². The van der Waals surface area contributed by atoms with Crippen LogP contribution in [0.2, 0.25) is 0 Å². The van der Waals surface area contributed by atoms with Crippen LogP contribution in [-0.2, 0) is 40.6 Å². The maximum atomic E-state index is 10.7. The number of carbonyl (C=O) groups excluding carboxylic acids is 1. The minimum absolute atomic E-state index is 0. The van der Waals surface area contributed by atoms with Gasteiger partial charge in [-0.1, -0.05) is 42.5 Å². The molecule has 0 amide bonds. The van der Waals surface area contributed by atoms with Crippen LogP contribution in [0.5, 0.6) is 0 Å². The van der Waals surface area contributed by atoms with Gasteiger partial charge in [-0.2, -0.15) is 0 Å². The van der Waals surface area contributed by atoms with Crippen LogP contribution < -0.4 is 0 Å². The molecule has 0 aliphatic carbocycles. The van der Waals surface area contributed by atoms with Gasteiger partial charge in [0.15, 0.2) is 0 Å². The first kappa shape index (κ1) is 32.9. The monoisotopic (exact) mass is 362 g/mol. The molecule has 0 bridgehead atoms. The fraction of sp³-hybridized carbons (Fsp3) is 0.250. The number of esters is 1. The molecule has 23 heavy (non-hydrogen) atoms. The Morgan fingerprint density at radius 3 is 2.04 bits per heavy atom. The normalized spacial score (nSPS) is 10.3. The maximum absolute atomic E-state index is 10.7. The summed E-state index contributed by atoms with van der Waals surface area (Å²) in [5, 5.41) is 9.44. The summed E-state index contributed by atoms with van der Waals surface area (Å²) in [5.74, 6) is -0.391. The second kappa shape index (κ2) is 36.9. The number of aliphatic hydroxyl groups is 1. The summed E-state index contributed by atoms with van der Waals surface area (Å²) >= 11 is 0. The van der Waals surface area contributed by atoms with E-state index in [-0.39, 0.29) is 17.1 Å². The second-order valence-electron chi connectivity index (χ2n) is 3.02. The molecule has 0 rings (SSSR count). The van der Waals surface area contributed by atoms with E-state index in [9.17, 15) is 9.90 Å². The largest absolute Gasteiger partial charge is 0 e. The Bertz CT molecular complexity index is 402. The van der Waals surface area contributed by atoms with Gasteiger partial charge in [0.25, 0.3) is 0 Å². The molecule has 0 saturated carbocycles. The number of rotatable bonds is 6. The first-order valence-corrected chi connectivity index (χ1v) is 5.70. The van der Waals surface area contributed by atoms with Crippen molar-refractivity contribution in [1.82, 2.24) is 0 Å². The van der Waals surface area contributed by atoms with Gasteiger partial charge in [0.1, 0.15) is 0 Å². The third-order valence-electron chi connectivity index (χ3n) is 1.70. The van der Waals surface area contributed by atoms with E-state index in [0.29, 0.717) is 6.42 Å². The van der Waals surface area contributed by atoms with Crippen molar-refractivity contribution in [2.75, 3.05) is 7.11 Å². The van der Waals surface area contributed by atoms with Crippen molar-refractivity contribution in [1.29, 1.82) is 0 Å². The van der Waals surface area contributed by atoms with Crippen molar-refractivity contribution in [2.24, 2.45) is 0 Å². The van der Waals surface area contributed by atoms with Gasteiger partial charge >= 0.3 is 39.9 Å². The molecule has 1 unspecified atom stereocenters. The van der Waals surface area contributed by atoms with Gasteiger partial charge in [0.05, 0.1) is 13.2 Å². The smallest absolute Gasteiger partial charge is 0 e. The van der Waals surface area contributed by atoms with Crippen molar-refractivity contribution in [3.05, 3.63) is 68.6 Å².